The largest absolute Gasteiger partial charge is 0.360 e. The van der Waals surface area contributed by atoms with Crippen LogP contribution in [0.1, 0.15) is 52.1 Å². The van der Waals surface area contributed by atoms with Gasteiger partial charge in [-0.15, -0.1) is 0 Å². The van der Waals surface area contributed by atoms with Gasteiger partial charge in [-0.1, -0.05) is 29.7 Å². The van der Waals surface area contributed by atoms with Gasteiger partial charge in [0.15, 0.2) is 5.69 Å². The van der Waals surface area contributed by atoms with Gasteiger partial charge in [-0.05, 0) is 44.7 Å². The third kappa shape index (κ3) is 3.67. The number of aromatic nitrogens is 3. The topological polar surface area (TPSA) is 73.0 Å². The van der Waals surface area contributed by atoms with E-state index < -0.39 is 0 Å². The summed E-state index contributed by atoms with van der Waals surface area (Å²) in [7, 11) is 0. The molecule has 1 atom stereocenters. The first-order valence-electron chi connectivity index (χ1n) is 9.60. The normalized spacial score (nSPS) is 16.0. The molecule has 4 rings (SSSR count). The van der Waals surface area contributed by atoms with Crippen LogP contribution in [-0.2, 0) is 19.4 Å². The van der Waals surface area contributed by atoms with Crippen molar-refractivity contribution in [3.63, 3.8) is 0 Å². The van der Waals surface area contributed by atoms with E-state index in [1.165, 1.54) is 6.07 Å². The molecule has 1 aliphatic carbocycles. The maximum absolute atomic E-state index is 14.1. The van der Waals surface area contributed by atoms with Crippen LogP contribution in [0.5, 0.6) is 0 Å². The summed E-state index contributed by atoms with van der Waals surface area (Å²) in [6, 6.07) is 4.57. The van der Waals surface area contributed by atoms with Crippen molar-refractivity contribution in [1.29, 1.82) is 0 Å². The number of amides is 1. The van der Waals surface area contributed by atoms with E-state index in [0.29, 0.717) is 39.3 Å². The van der Waals surface area contributed by atoms with Crippen LogP contribution >= 0.6 is 11.6 Å². The lowest BCUT2D eigenvalue weighted by molar-refractivity contribution is 0.101. The van der Waals surface area contributed by atoms with Crippen LogP contribution in [0.25, 0.3) is 0 Å². The third-order valence-electron chi connectivity index (χ3n) is 5.49. The second kappa shape index (κ2) is 7.63. The van der Waals surface area contributed by atoms with E-state index in [0.717, 1.165) is 30.6 Å². The molecule has 2 aromatic heterocycles. The van der Waals surface area contributed by atoms with E-state index in [9.17, 15) is 9.18 Å². The van der Waals surface area contributed by atoms with Gasteiger partial charge in [-0.25, -0.2) is 4.39 Å². The highest BCUT2D eigenvalue weighted by Crippen LogP contribution is 2.29. The zero-order chi connectivity index (χ0) is 20.7. The number of nitrogens with zero attached hydrogens (tertiary/aromatic N) is 3. The van der Waals surface area contributed by atoms with Gasteiger partial charge in [-0.2, -0.15) is 5.10 Å². The van der Waals surface area contributed by atoms with Crippen molar-refractivity contribution in [3.8, 4) is 0 Å². The molecule has 8 heteroatoms. The quantitative estimate of drug-likeness (QED) is 0.668. The first-order valence-corrected chi connectivity index (χ1v) is 9.98. The van der Waals surface area contributed by atoms with Crippen LogP contribution < -0.4 is 5.32 Å². The number of hydrogen-bond donors (Lipinski definition) is 1. The molecule has 2 heterocycles. The molecule has 29 heavy (non-hydrogen) atoms. The lowest BCUT2D eigenvalue weighted by atomic mass is 9.88. The van der Waals surface area contributed by atoms with Crippen molar-refractivity contribution in [2.45, 2.75) is 46.6 Å². The Hall–Kier alpha value is -2.67. The molecule has 6 nitrogen and oxygen atoms in total. The van der Waals surface area contributed by atoms with Gasteiger partial charge in [0.2, 0.25) is 0 Å². The molecule has 152 valence electrons. The highest BCUT2D eigenvalue weighted by atomic mass is 35.5. The van der Waals surface area contributed by atoms with Crippen LogP contribution in [0.2, 0.25) is 5.02 Å². The highest BCUT2D eigenvalue weighted by Gasteiger charge is 2.28. The van der Waals surface area contributed by atoms with Gasteiger partial charge in [0.05, 0.1) is 23.6 Å². The van der Waals surface area contributed by atoms with Crippen LogP contribution in [0.4, 0.5) is 10.1 Å². The van der Waals surface area contributed by atoms with Crippen LogP contribution in [0, 0.1) is 25.6 Å². The Labute approximate surface area is 173 Å². The lowest BCUT2D eigenvalue weighted by Crippen LogP contribution is -2.18. The fraction of sp³-hybridized carbons (Fsp3) is 0.381. The summed E-state index contributed by atoms with van der Waals surface area (Å²) < 4.78 is 21.2. The number of carbonyl (C=O) groups excluding carboxylic acids is 1. The summed E-state index contributed by atoms with van der Waals surface area (Å²) in [6.45, 7) is 5.95. The van der Waals surface area contributed by atoms with Crippen molar-refractivity contribution < 1.29 is 13.7 Å². The predicted molar refractivity (Wildman–Crippen MR) is 108 cm³/mol. The van der Waals surface area contributed by atoms with Crippen molar-refractivity contribution in [3.05, 3.63) is 63.0 Å². The molecular formula is C21H22ClFN4O2. The van der Waals surface area contributed by atoms with E-state index in [-0.39, 0.29) is 18.3 Å². The number of fused-ring (bicyclic) bond motifs is 1. The summed E-state index contributed by atoms with van der Waals surface area (Å²) in [5.41, 5.74) is 3.51. The molecule has 3 aromatic rings. The second-order valence-corrected chi connectivity index (χ2v) is 8.05. The summed E-state index contributed by atoms with van der Waals surface area (Å²) in [5.74, 6) is 0.578. The summed E-state index contributed by atoms with van der Waals surface area (Å²) in [5, 5.41) is 11.7. The van der Waals surface area contributed by atoms with E-state index >= 15 is 0 Å². The molecule has 0 radical (unpaired) electrons. The molecule has 1 amide bonds. The average molecular weight is 417 g/mol. The van der Waals surface area contributed by atoms with Crippen LogP contribution in [0.3, 0.4) is 0 Å². The lowest BCUT2D eigenvalue weighted by Gasteiger charge is -2.16. The number of hydrogen-bond acceptors (Lipinski definition) is 4. The minimum atomic E-state index is -0.390. The zero-order valence-corrected chi connectivity index (χ0v) is 17.3. The SMILES string of the molecule is Cc1nn(Cc2c(F)cccc2Cl)c(C)c1NC(=O)c1noc2c1CC(C)CC2. The molecule has 0 fully saturated rings. The predicted octanol–water partition coefficient (Wildman–Crippen LogP) is 4.71. The Bertz CT molecular complexity index is 1070. The van der Waals surface area contributed by atoms with Crippen LogP contribution in [-0.4, -0.2) is 20.8 Å². The molecule has 1 N–H and O–H groups in total. The van der Waals surface area contributed by atoms with Gasteiger partial charge in [0.25, 0.3) is 5.91 Å². The summed E-state index contributed by atoms with van der Waals surface area (Å²) >= 11 is 6.14. The van der Waals surface area contributed by atoms with E-state index in [1.54, 1.807) is 23.7 Å². The maximum atomic E-state index is 14.1. The van der Waals surface area contributed by atoms with Gasteiger partial charge in [0.1, 0.15) is 11.6 Å². The number of benzene rings is 1. The summed E-state index contributed by atoms with van der Waals surface area (Å²) in [4.78, 5) is 12.9. The standard InChI is InChI=1S/C21H22ClFN4O2/c1-11-7-8-18-14(9-11)20(26-29-18)21(28)24-19-12(2)25-27(13(19)3)10-15-16(22)5-4-6-17(15)23/h4-6,11H,7-10H2,1-3H3,(H,24,28). The molecule has 0 bridgehead atoms. The van der Waals surface area contributed by atoms with E-state index in [2.05, 4.69) is 22.5 Å². The minimum absolute atomic E-state index is 0.172. The number of nitrogens with one attached hydrogen (secondary N) is 1. The number of rotatable bonds is 4. The second-order valence-electron chi connectivity index (χ2n) is 7.64. The molecule has 1 unspecified atom stereocenters. The van der Waals surface area contributed by atoms with Gasteiger partial charge >= 0.3 is 0 Å². The first kappa shape index (κ1) is 19.6. The Kier molecular flexibility index (Phi) is 5.17. The average Bonchev–Trinajstić information content (AvgIpc) is 3.20. The number of carbonyl (C=O) groups is 1. The first-order chi connectivity index (χ1) is 13.8. The molecule has 0 saturated heterocycles. The monoisotopic (exact) mass is 416 g/mol. The zero-order valence-electron chi connectivity index (χ0n) is 16.6. The maximum Gasteiger partial charge on any atom is 0.278 e. The Morgan fingerprint density at radius 1 is 1.41 bits per heavy atom. The number of anilines is 1. The highest BCUT2D eigenvalue weighted by molar-refractivity contribution is 6.31. The molecule has 0 spiro atoms. The number of aryl methyl sites for hydroxylation is 2. The minimum Gasteiger partial charge on any atom is -0.360 e. The Balaban J connectivity index is 1.59. The molecular weight excluding hydrogens is 395 g/mol. The Morgan fingerprint density at radius 2 is 2.21 bits per heavy atom. The smallest absolute Gasteiger partial charge is 0.278 e. The van der Waals surface area contributed by atoms with Crippen molar-refractivity contribution in [2.75, 3.05) is 5.32 Å². The van der Waals surface area contributed by atoms with Crippen molar-refractivity contribution in [2.24, 2.45) is 5.92 Å². The molecule has 1 aromatic carbocycles. The van der Waals surface area contributed by atoms with E-state index in [4.69, 9.17) is 16.1 Å². The van der Waals surface area contributed by atoms with E-state index in [1.807, 2.05) is 6.92 Å². The fourth-order valence-corrected chi connectivity index (χ4v) is 4.02. The fourth-order valence-electron chi connectivity index (χ4n) is 3.79. The molecule has 0 aliphatic heterocycles. The Morgan fingerprint density at radius 3 is 2.97 bits per heavy atom. The number of halogens is 2. The van der Waals surface area contributed by atoms with Crippen molar-refractivity contribution >= 4 is 23.2 Å². The van der Waals surface area contributed by atoms with Gasteiger partial charge in [-0.3, -0.25) is 9.48 Å². The van der Waals surface area contributed by atoms with Crippen LogP contribution in [0.15, 0.2) is 22.7 Å². The summed E-state index contributed by atoms with van der Waals surface area (Å²) in [6.07, 6.45) is 2.62. The van der Waals surface area contributed by atoms with Gasteiger partial charge in [0, 0.05) is 22.6 Å². The molecule has 1 aliphatic rings. The van der Waals surface area contributed by atoms with Gasteiger partial charge < -0.3 is 9.84 Å². The molecule has 0 saturated carbocycles. The third-order valence-corrected chi connectivity index (χ3v) is 5.85. The van der Waals surface area contributed by atoms with Crippen molar-refractivity contribution in [1.82, 2.24) is 14.9 Å².